The third-order valence-corrected chi connectivity index (χ3v) is 6.92. The van der Waals surface area contributed by atoms with E-state index in [0.717, 1.165) is 5.56 Å². The number of fused-ring (bicyclic) bond motifs is 1. The predicted octanol–water partition coefficient (Wildman–Crippen LogP) is -0.687. The first-order valence-corrected chi connectivity index (χ1v) is 9.04. The Morgan fingerprint density at radius 2 is 2.00 bits per heavy atom. The van der Waals surface area contributed by atoms with Crippen LogP contribution in [0.5, 0.6) is 0 Å². The SMILES string of the molecule is N[C@@H](Cc1ccccc1)C(=O)N[C@@]1(C(=O)O)CS(=O)(=O)[C@H]2C[C@H]21. The largest absolute Gasteiger partial charge is 0.479 e. The summed E-state index contributed by atoms with van der Waals surface area (Å²) in [5, 5.41) is 11.3. The molecule has 0 radical (unpaired) electrons. The number of benzene rings is 1. The Balaban J connectivity index is 1.74. The van der Waals surface area contributed by atoms with E-state index in [4.69, 9.17) is 5.73 Å². The Hall–Kier alpha value is -1.93. The number of rotatable bonds is 5. The second kappa shape index (κ2) is 5.31. The van der Waals surface area contributed by atoms with Gasteiger partial charge in [0.2, 0.25) is 5.91 Å². The number of aliphatic carboxylic acids is 1. The molecule has 1 saturated heterocycles. The highest BCUT2D eigenvalue weighted by Crippen LogP contribution is 2.52. The van der Waals surface area contributed by atoms with Gasteiger partial charge in [-0.2, -0.15) is 0 Å². The summed E-state index contributed by atoms with van der Waals surface area (Å²) in [6, 6.07) is 8.17. The van der Waals surface area contributed by atoms with Crippen molar-refractivity contribution >= 4 is 21.7 Å². The van der Waals surface area contributed by atoms with Gasteiger partial charge in [0.05, 0.1) is 17.0 Å². The standard InChI is InChI=1S/C15H18N2O5S/c16-11(6-9-4-2-1-3-5-9)13(18)17-15(14(19)20)8-23(21,22)12-7-10(12)15/h1-5,10-12H,6-8,16H2,(H,17,18)(H,19,20)/t10-,11+,12+,15+/m1/s1. The first kappa shape index (κ1) is 15.9. The molecular formula is C15H18N2O5S. The minimum Gasteiger partial charge on any atom is -0.479 e. The van der Waals surface area contributed by atoms with Crippen molar-refractivity contribution in [1.82, 2.24) is 5.32 Å². The zero-order valence-corrected chi connectivity index (χ0v) is 13.1. The summed E-state index contributed by atoms with van der Waals surface area (Å²) in [6.45, 7) is 0. The van der Waals surface area contributed by atoms with Gasteiger partial charge in [-0.25, -0.2) is 13.2 Å². The summed E-state index contributed by atoms with van der Waals surface area (Å²) in [5.41, 5.74) is 4.97. The van der Waals surface area contributed by atoms with Crippen molar-refractivity contribution in [1.29, 1.82) is 0 Å². The van der Waals surface area contributed by atoms with Crippen LogP contribution in [0.3, 0.4) is 0 Å². The fourth-order valence-corrected chi connectivity index (χ4v) is 5.79. The van der Waals surface area contributed by atoms with E-state index in [2.05, 4.69) is 5.32 Å². The van der Waals surface area contributed by atoms with Crippen LogP contribution in [-0.4, -0.2) is 48.0 Å². The fourth-order valence-electron chi connectivity index (χ4n) is 3.29. The Bertz CT molecular complexity index is 748. The molecule has 4 atom stereocenters. The molecule has 1 aliphatic carbocycles. The Kier molecular flexibility index (Phi) is 3.68. The molecule has 1 aromatic rings. The molecule has 4 N–H and O–H groups in total. The highest BCUT2D eigenvalue weighted by Gasteiger charge is 2.70. The van der Waals surface area contributed by atoms with E-state index in [0.29, 0.717) is 0 Å². The van der Waals surface area contributed by atoms with Crippen molar-refractivity contribution < 1.29 is 23.1 Å². The number of carboxylic acid groups (broad SMARTS) is 1. The molecule has 124 valence electrons. The Morgan fingerprint density at radius 1 is 1.35 bits per heavy atom. The minimum atomic E-state index is -3.47. The van der Waals surface area contributed by atoms with Crippen LogP contribution in [0.1, 0.15) is 12.0 Å². The number of carbonyl (C=O) groups is 2. The van der Waals surface area contributed by atoms with E-state index in [-0.39, 0.29) is 12.8 Å². The summed E-state index contributed by atoms with van der Waals surface area (Å²) < 4.78 is 23.8. The smallest absolute Gasteiger partial charge is 0.330 e. The predicted molar refractivity (Wildman–Crippen MR) is 82.3 cm³/mol. The van der Waals surface area contributed by atoms with E-state index < -0.39 is 50.2 Å². The van der Waals surface area contributed by atoms with E-state index >= 15 is 0 Å². The summed E-state index contributed by atoms with van der Waals surface area (Å²) in [7, 11) is -3.47. The van der Waals surface area contributed by atoms with E-state index in [1.807, 2.05) is 30.3 Å². The first-order valence-electron chi connectivity index (χ1n) is 7.33. The van der Waals surface area contributed by atoms with E-state index in [1.165, 1.54) is 0 Å². The van der Waals surface area contributed by atoms with Crippen molar-refractivity contribution in [3.05, 3.63) is 35.9 Å². The third-order valence-electron chi connectivity index (χ3n) is 4.62. The van der Waals surface area contributed by atoms with Crippen LogP contribution in [0.4, 0.5) is 0 Å². The quantitative estimate of drug-likeness (QED) is 0.652. The van der Waals surface area contributed by atoms with Gasteiger partial charge in [0, 0.05) is 5.92 Å². The summed E-state index contributed by atoms with van der Waals surface area (Å²) >= 11 is 0. The van der Waals surface area contributed by atoms with Crippen molar-refractivity contribution in [3.63, 3.8) is 0 Å². The zero-order chi connectivity index (χ0) is 16.8. The van der Waals surface area contributed by atoms with Gasteiger partial charge in [-0.3, -0.25) is 4.79 Å². The second-order valence-electron chi connectivity index (χ2n) is 6.25. The maximum atomic E-state index is 12.3. The molecule has 1 saturated carbocycles. The fraction of sp³-hybridized carbons (Fsp3) is 0.467. The second-order valence-corrected chi connectivity index (χ2v) is 8.47. The Labute approximate surface area is 133 Å². The molecule has 23 heavy (non-hydrogen) atoms. The van der Waals surface area contributed by atoms with Crippen LogP contribution in [0.15, 0.2) is 30.3 Å². The molecule has 2 fully saturated rings. The van der Waals surface area contributed by atoms with Gasteiger partial charge in [-0.1, -0.05) is 30.3 Å². The summed E-state index contributed by atoms with van der Waals surface area (Å²) in [5.74, 6) is -3.07. The highest BCUT2D eigenvalue weighted by atomic mass is 32.2. The highest BCUT2D eigenvalue weighted by molar-refractivity contribution is 7.92. The topological polar surface area (TPSA) is 127 Å². The normalized spacial score (nSPS) is 31.9. The molecule has 0 unspecified atom stereocenters. The van der Waals surface area contributed by atoms with Gasteiger partial charge < -0.3 is 16.2 Å². The number of sulfone groups is 1. The van der Waals surface area contributed by atoms with Crippen LogP contribution < -0.4 is 11.1 Å². The van der Waals surface area contributed by atoms with Gasteiger partial charge in [0.25, 0.3) is 0 Å². The molecule has 1 aromatic carbocycles. The molecule has 7 nitrogen and oxygen atoms in total. The number of hydrogen-bond donors (Lipinski definition) is 3. The third kappa shape index (κ3) is 2.72. The maximum absolute atomic E-state index is 12.3. The molecule has 8 heteroatoms. The molecule has 2 aliphatic rings. The van der Waals surface area contributed by atoms with Crippen molar-refractivity contribution in [3.8, 4) is 0 Å². The average Bonchev–Trinajstić information content (AvgIpc) is 3.24. The molecule has 0 bridgehead atoms. The summed E-state index contributed by atoms with van der Waals surface area (Å²) in [6.07, 6.45) is 0.534. The van der Waals surface area contributed by atoms with Gasteiger partial charge in [-0.05, 0) is 18.4 Å². The maximum Gasteiger partial charge on any atom is 0.330 e. The molecular weight excluding hydrogens is 320 g/mol. The number of hydrogen-bond acceptors (Lipinski definition) is 5. The molecule has 1 aliphatic heterocycles. The number of amides is 1. The lowest BCUT2D eigenvalue weighted by molar-refractivity contribution is -0.147. The van der Waals surface area contributed by atoms with Crippen LogP contribution in [0.2, 0.25) is 0 Å². The molecule has 0 spiro atoms. The first-order chi connectivity index (χ1) is 10.8. The lowest BCUT2D eigenvalue weighted by atomic mass is 9.94. The van der Waals surface area contributed by atoms with E-state index in [9.17, 15) is 23.1 Å². The lowest BCUT2D eigenvalue weighted by Gasteiger charge is -2.28. The zero-order valence-electron chi connectivity index (χ0n) is 12.3. The van der Waals surface area contributed by atoms with Crippen molar-refractivity contribution in [2.24, 2.45) is 11.7 Å². The van der Waals surface area contributed by atoms with Gasteiger partial charge in [-0.15, -0.1) is 0 Å². The van der Waals surface area contributed by atoms with Crippen LogP contribution >= 0.6 is 0 Å². The van der Waals surface area contributed by atoms with Crippen LogP contribution in [-0.2, 0) is 25.8 Å². The monoisotopic (exact) mass is 338 g/mol. The number of carbonyl (C=O) groups excluding carboxylic acids is 1. The Morgan fingerprint density at radius 3 is 2.48 bits per heavy atom. The van der Waals surface area contributed by atoms with Gasteiger partial charge >= 0.3 is 5.97 Å². The molecule has 1 heterocycles. The molecule has 0 aromatic heterocycles. The van der Waals surface area contributed by atoms with Crippen molar-refractivity contribution in [2.45, 2.75) is 29.7 Å². The van der Waals surface area contributed by atoms with E-state index in [1.54, 1.807) is 0 Å². The van der Waals surface area contributed by atoms with Gasteiger partial charge in [0.15, 0.2) is 15.4 Å². The average molecular weight is 338 g/mol. The molecule has 1 amide bonds. The van der Waals surface area contributed by atoms with Gasteiger partial charge in [0.1, 0.15) is 0 Å². The minimum absolute atomic E-state index is 0.253. The lowest BCUT2D eigenvalue weighted by Crippen LogP contribution is -2.61. The van der Waals surface area contributed by atoms with Crippen molar-refractivity contribution in [2.75, 3.05) is 5.75 Å². The summed E-state index contributed by atoms with van der Waals surface area (Å²) in [4.78, 5) is 23.9. The number of carboxylic acids is 1. The van der Waals surface area contributed by atoms with Crippen LogP contribution in [0.25, 0.3) is 0 Å². The van der Waals surface area contributed by atoms with Crippen LogP contribution in [0, 0.1) is 5.92 Å². The number of nitrogens with one attached hydrogen (secondary N) is 1. The molecule has 3 rings (SSSR count). The number of nitrogens with two attached hydrogens (primary N) is 1.